The SMILES string of the molecule is CNCc1cc(C)nc(C2C3CC4CC(C3)CC2C4)n1. The van der Waals surface area contributed by atoms with Gasteiger partial charge in [-0.15, -0.1) is 0 Å². The predicted molar refractivity (Wildman–Crippen MR) is 79.3 cm³/mol. The van der Waals surface area contributed by atoms with Gasteiger partial charge in [-0.25, -0.2) is 9.97 Å². The van der Waals surface area contributed by atoms with E-state index in [2.05, 4.69) is 18.3 Å². The van der Waals surface area contributed by atoms with Gasteiger partial charge in [0.05, 0.1) is 5.69 Å². The second-order valence-electron chi connectivity index (χ2n) is 7.35. The van der Waals surface area contributed by atoms with Crippen LogP contribution in [0.25, 0.3) is 0 Å². The summed E-state index contributed by atoms with van der Waals surface area (Å²) in [6.45, 7) is 2.96. The minimum Gasteiger partial charge on any atom is -0.314 e. The Balaban J connectivity index is 1.67. The zero-order chi connectivity index (χ0) is 13.7. The first-order valence-corrected chi connectivity index (χ1v) is 8.22. The van der Waals surface area contributed by atoms with E-state index in [0.717, 1.165) is 47.4 Å². The van der Waals surface area contributed by atoms with E-state index in [4.69, 9.17) is 9.97 Å². The maximum absolute atomic E-state index is 4.90. The van der Waals surface area contributed by atoms with E-state index in [0.29, 0.717) is 5.92 Å². The molecule has 1 aromatic rings. The van der Waals surface area contributed by atoms with Crippen molar-refractivity contribution in [3.63, 3.8) is 0 Å². The van der Waals surface area contributed by atoms with Gasteiger partial charge < -0.3 is 5.32 Å². The molecule has 0 unspecified atom stereocenters. The summed E-state index contributed by atoms with van der Waals surface area (Å²) in [5, 5.41) is 3.22. The number of aromatic nitrogens is 2. The molecule has 108 valence electrons. The van der Waals surface area contributed by atoms with Crippen molar-refractivity contribution in [3.8, 4) is 0 Å². The monoisotopic (exact) mass is 271 g/mol. The third-order valence-electron chi connectivity index (χ3n) is 5.81. The van der Waals surface area contributed by atoms with Crippen molar-refractivity contribution >= 4 is 0 Å². The Morgan fingerprint density at radius 3 is 2.30 bits per heavy atom. The molecule has 0 atom stereocenters. The molecule has 0 aliphatic heterocycles. The lowest BCUT2D eigenvalue weighted by Gasteiger charge is -2.53. The number of hydrogen-bond donors (Lipinski definition) is 1. The largest absolute Gasteiger partial charge is 0.314 e. The zero-order valence-electron chi connectivity index (χ0n) is 12.6. The van der Waals surface area contributed by atoms with Crippen molar-refractivity contribution in [2.75, 3.05) is 7.05 Å². The van der Waals surface area contributed by atoms with E-state index in [1.165, 1.54) is 32.1 Å². The minimum absolute atomic E-state index is 0.651. The Hall–Kier alpha value is -0.960. The van der Waals surface area contributed by atoms with Crippen LogP contribution >= 0.6 is 0 Å². The lowest BCUT2D eigenvalue weighted by molar-refractivity contribution is -0.00576. The number of nitrogens with zero attached hydrogens (tertiary/aromatic N) is 2. The van der Waals surface area contributed by atoms with Gasteiger partial charge in [0.1, 0.15) is 5.82 Å². The fraction of sp³-hybridized carbons (Fsp3) is 0.765. The zero-order valence-corrected chi connectivity index (χ0v) is 12.6. The molecular weight excluding hydrogens is 246 g/mol. The third-order valence-corrected chi connectivity index (χ3v) is 5.81. The summed E-state index contributed by atoms with van der Waals surface area (Å²) in [6.07, 6.45) is 7.28. The normalized spacial score (nSPS) is 38.4. The van der Waals surface area contributed by atoms with E-state index >= 15 is 0 Å². The summed E-state index contributed by atoms with van der Waals surface area (Å²) >= 11 is 0. The Bertz CT molecular complexity index is 483. The number of hydrogen-bond acceptors (Lipinski definition) is 3. The van der Waals surface area contributed by atoms with Gasteiger partial charge in [0.25, 0.3) is 0 Å². The van der Waals surface area contributed by atoms with Crippen molar-refractivity contribution in [3.05, 3.63) is 23.3 Å². The third kappa shape index (κ3) is 2.07. The van der Waals surface area contributed by atoms with Gasteiger partial charge in [-0.05, 0) is 75.8 Å². The molecule has 20 heavy (non-hydrogen) atoms. The Labute approximate surface area is 121 Å². The Morgan fingerprint density at radius 1 is 1.05 bits per heavy atom. The Morgan fingerprint density at radius 2 is 1.70 bits per heavy atom. The van der Waals surface area contributed by atoms with Gasteiger partial charge in [-0.1, -0.05) is 0 Å². The van der Waals surface area contributed by atoms with Gasteiger partial charge >= 0.3 is 0 Å². The first kappa shape index (κ1) is 12.8. The van der Waals surface area contributed by atoms with Crippen LogP contribution in [-0.2, 0) is 6.54 Å². The van der Waals surface area contributed by atoms with Gasteiger partial charge in [0.2, 0.25) is 0 Å². The quantitative estimate of drug-likeness (QED) is 0.918. The molecule has 0 aromatic carbocycles. The average Bonchev–Trinajstić information content (AvgIpc) is 2.37. The van der Waals surface area contributed by atoms with Crippen LogP contribution < -0.4 is 5.32 Å². The molecule has 0 radical (unpaired) electrons. The van der Waals surface area contributed by atoms with Crippen LogP contribution in [0.4, 0.5) is 0 Å². The second kappa shape index (κ2) is 4.80. The van der Waals surface area contributed by atoms with Crippen LogP contribution in [0.15, 0.2) is 6.07 Å². The van der Waals surface area contributed by atoms with E-state index in [9.17, 15) is 0 Å². The van der Waals surface area contributed by atoms with Crippen molar-refractivity contribution < 1.29 is 0 Å². The number of nitrogens with one attached hydrogen (secondary N) is 1. The van der Waals surface area contributed by atoms with Gasteiger partial charge in [-0.3, -0.25) is 0 Å². The van der Waals surface area contributed by atoms with Crippen LogP contribution in [0.1, 0.15) is 55.2 Å². The molecular formula is C17H25N3. The molecule has 4 aliphatic rings. The summed E-state index contributed by atoms with van der Waals surface area (Å²) < 4.78 is 0. The molecule has 4 bridgehead atoms. The Kier molecular flexibility index (Phi) is 3.06. The van der Waals surface area contributed by atoms with Crippen LogP contribution in [-0.4, -0.2) is 17.0 Å². The summed E-state index contributed by atoms with van der Waals surface area (Å²) in [7, 11) is 1.99. The standard InChI is InChI=1S/C17H25N3/c1-10-3-15(9-18-2)20-17(19-10)16-13-5-11-4-12(7-13)8-14(16)6-11/h3,11-14,16,18H,4-9H2,1-2H3. The molecule has 5 rings (SSSR count). The van der Waals surface area contributed by atoms with Crippen LogP contribution in [0.3, 0.4) is 0 Å². The lowest BCUT2D eigenvalue weighted by atomic mass is 9.51. The molecule has 4 saturated carbocycles. The highest BCUT2D eigenvalue weighted by Gasteiger charge is 2.49. The summed E-state index contributed by atoms with van der Waals surface area (Å²) in [5.41, 5.74) is 2.29. The molecule has 1 heterocycles. The number of aryl methyl sites for hydroxylation is 1. The van der Waals surface area contributed by atoms with Crippen LogP contribution in [0.2, 0.25) is 0 Å². The van der Waals surface area contributed by atoms with E-state index in [-0.39, 0.29) is 0 Å². The predicted octanol–water partition coefficient (Wildman–Crippen LogP) is 3.04. The lowest BCUT2D eigenvalue weighted by Crippen LogP contribution is -2.44. The molecule has 0 saturated heterocycles. The van der Waals surface area contributed by atoms with Crippen molar-refractivity contribution in [2.24, 2.45) is 23.7 Å². The van der Waals surface area contributed by atoms with Gasteiger partial charge in [0.15, 0.2) is 0 Å². The minimum atomic E-state index is 0.651. The molecule has 3 nitrogen and oxygen atoms in total. The highest BCUT2D eigenvalue weighted by atomic mass is 14.9. The fourth-order valence-corrected chi connectivity index (χ4v) is 5.43. The van der Waals surface area contributed by atoms with Crippen molar-refractivity contribution in [1.82, 2.24) is 15.3 Å². The van der Waals surface area contributed by atoms with Gasteiger partial charge in [0, 0.05) is 18.2 Å². The highest BCUT2D eigenvalue weighted by Crippen LogP contribution is 2.59. The van der Waals surface area contributed by atoms with E-state index < -0.39 is 0 Å². The smallest absolute Gasteiger partial charge is 0.132 e. The van der Waals surface area contributed by atoms with Crippen molar-refractivity contribution in [1.29, 1.82) is 0 Å². The van der Waals surface area contributed by atoms with Crippen LogP contribution in [0.5, 0.6) is 0 Å². The molecule has 4 aliphatic carbocycles. The van der Waals surface area contributed by atoms with Crippen molar-refractivity contribution in [2.45, 2.75) is 51.5 Å². The topological polar surface area (TPSA) is 37.8 Å². The summed E-state index contributed by atoms with van der Waals surface area (Å²) in [4.78, 5) is 9.72. The second-order valence-corrected chi connectivity index (χ2v) is 7.35. The first-order chi connectivity index (χ1) is 9.72. The first-order valence-electron chi connectivity index (χ1n) is 8.22. The summed E-state index contributed by atoms with van der Waals surface area (Å²) in [6, 6.07) is 2.12. The molecule has 1 aromatic heterocycles. The summed E-state index contributed by atoms with van der Waals surface area (Å²) in [5.74, 6) is 5.60. The molecule has 3 heteroatoms. The average molecular weight is 271 g/mol. The molecule has 1 N–H and O–H groups in total. The fourth-order valence-electron chi connectivity index (χ4n) is 5.43. The van der Waals surface area contributed by atoms with Gasteiger partial charge in [-0.2, -0.15) is 0 Å². The maximum Gasteiger partial charge on any atom is 0.132 e. The highest BCUT2D eigenvalue weighted by molar-refractivity contribution is 5.16. The van der Waals surface area contributed by atoms with E-state index in [1.807, 2.05) is 7.05 Å². The number of rotatable bonds is 3. The molecule has 4 fully saturated rings. The van der Waals surface area contributed by atoms with E-state index in [1.54, 1.807) is 0 Å². The molecule has 0 spiro atoms. The molecule has 0 amide bonds. The van der Waals surface area contributed by atoms with Crippen LogP contribution in [0, 0.1) is 30.6 Å². The maximum atomic E-state index is 4.90.